The Bertz CT molecular complexity index is 2710. The third-order valence-electron chi connectivity index (χ3n) is 9.96. The highest BCUT2D eigenvalue weighted by Crippen LogP contribution is 2.51. The lowest BCUT2D eigenvalue weighted by atomic mass is 9.85. The molecule has 47 heavy (non-hydrogen) atoms. The second-order valence-corrected chi connectivity index (χ2v) is 13.0. The number of benzene rings is 6. The molecule has 0 N–H and O–H groups in total. The number of furan rings is 1. The summed E-state index contributed by atoms with van der Waals surface area (Å²) in [4.78, 5) is 10.6. The van der Waals surface area contributed by atoms with E-state index < -0.39 is 0 Å². The third kappa shape index (κ3) is 3.64. The largest absolute Gasteiger partial charge is 0.456 e. The van der Waals surface area contributed by atoms with E-state index in [2.05, 4.69) is 140 Å². The summed E-state index contributed by atoms with van der Waals surface area (Å²) in [6.07, 6.45) is 0. The van der Waals surface area contributed by atoms with Crippen LogP contribution in [0.1, 0.15) is 25.1 Å². The predicted molar refractivity (Wildman–Crippen MR) is 192 cm³/mol. The minimum atomic E-state index is -0.254. The molecule has 1 aliphatic rings. The Labute approximate surface area is 271 Å². The van der Waals surface area contributed by atoms with Gasteiger partial charge in [-0.1, -0.05) is 117 Å². The lowest BCUT2D eigenvalue weighted by Gasteiger charge is -2.21. The summed E-state index contributed by atoms with van der Waals surface area (Å²) in [6.45, 7) is 4.55. The van der Waals surface area contributed by atoms with Gasteiger partial charge in [-0.05, 0) is 47.5 Å². The van der Waals surface area contributed by atoms with Gasteiger partial charge < -0.3 is 8.98 Å². The molecule has 1 aliphatic carbocycles. The summed E-state index contributed by atoms with van der Waals surface area (Å²) in [7, 11) is 0. The van der Waals surface area contributed by atoms with Gasteiger partial charge in [0.05, 0.1) is 22.4 Å². The van der Waals surface area contributed by atoms with Crippen LogP contribution in [-0.2, 0) is 5.41 Å². The van der Waals surface area contributed by atoms with Crippen LogP contribution in [0.3, 0.4) is 0 Å². The van der Waals surface area contributed by atoms with Crippen molar-refractivity contribution in [2.24, 2.45) is 0 Å². The zero-order chi connectivity index (χ0) is 31.3. The highest BCUT2D eigenvalue weighted by molar-refractivity contribution is 6.27. The van der Waals surface area contributed by atoms with E-state index in [1.54, 1.807) is 0 Å². The molecule has 10 rings (SSSR count). The summed E-state index contributed by atoms with van der Waals surface area (Å²) in [5.41, 5.74) is 12.7. The molecular formula is C43H29N3O. The molecule has 0 aliphatic heterocycles. The van der Waals surface area contributed by atoms with Crippen LogP contribution in [0.25, 0.3) is 83.2 Å². The van der Waals surface area contributed by atoms with Gasteiger partial charge in [0.15, 0.2) is 5.82 Å². The molecule has 0 radical (unpaired) electrons. The first-order chi connectivity index (χ1) is 23.1. The van der Waals surface area contributed by atoms with Crippen molar-refractivity contribution in [3.05, 3.63) is 151 Å². The first kappa shape index (κ1) is 26.2. The Hall–Kier alpha value is -6.00. The van der Waals surface area contributed by atoms with Gasteiger partial charge in [-0.15, -0.1) is 0 Å². The van der Waals surface area contributed by atoms with Gasteiger partial charge in [0.25, 0.3) is 0 Å². The van der Waals surface area contributed by atoms with E-state index in [9.17, 15) is 0 Å². The quantitative estimate of drug-likeness (QED) is 0.202. The Kier molecular flexibility index (Phi) is 5.31. The first-order valence-corrected chi connectivity index (χ1v) is 16.1. The topological polar surface area (TPSA) is 43.9 Å². The molecule has 0 saturated heterocycles. The number of aromatic nitrogens is 3. The predicted octanol–water partition coefficient (Wildman–Crippen LogP) is 11.1. The summed E-state index contributed by atoms with van der Waals surface area (Å²) in [6, 6.07) is 49.1. The Balaban J connectivity index is 1.26. The normalized spacial score (nSPS) is 13.5. The minimum absolute atomic E-state index is 0.254. The van der Waals surface area contributed by atoms with Crippen LogP contribution >= 0.6 is 0 Å². The van der Waals surface area contributed by atoms with Gasteiger partial charge in [-0.25, -0.2) is 9.97 Å². The standard InChI is InChI=1S/C43H29N3O/c1-43(2)32-20-9-6-17-29(32)39-40(44-42(45-41(39)43)26-13-4-3-5-14-26)27-15-12-16-28(25-27)46-33-21-10-7-18-30(33)37-34(46)23-24-36-38(37)31-19-8-11-22-35(31)47-36/h3-25H,1-2H3. The van der Waals surface area contributed by atoms with Crippen molar-refractivity contribution < 1.29 is 4.42 Å². The van der Waals surface area contributed by atoms with Crippen molar-refractivity contribution in [1.29, 1.82) is 0 Å². The number of para-hydroxylation sites is 2. The maximum absolute atomic E-state index is 6.31. The van der Waals surface area contributed by atoms with Crippen LogP contribution < -0.4 is 0 Å². The van der Waals surface area contributed by atoms with Crippen LogP contribution in [0.4, 0.5) is 0 Å². The fourth-order valence-corrected chi connectivity index (χ4v) is 7.81. The molecule has 0 atom stereocenters. The molecule has 4 nitrogen and oxygen atoms in total. The molecule has 6 aromatic carbocycles. The lowest BCUT2D eigenvalue weighted by Crippen LogP contribution is -2.17. The monoisotopic (exact) mass is 603 g/mol. The summed E-state index contributed by atoms with van der Waals surface area (Å²) in [5, 5.41) is 4.70. The molecule has 4 heteroatoms. The third-order valence-corrected chi connectivity index (χ3v) is 9.96. The summed E-state index contributed by atoms with van der Waals surface area (Å²) < 4.78 is 8.70. The van der Waals surface area contributed by atoms with Crippen molar-refractivity contribution in [1.82, 2.24) is 14.5 Å². The fraction of sp³-hybridized carbons (Fsp3) is 0.0698. The van der Waals surface area contributed by atoms with Gasteiger partial charge in [-0.3, -0.25) is 0 Å². The zero-order valence-electron chi connectivity index (χ0n) is 26.0. The molecular weight excluding hydrogens is 574 g/mol. The van der Waals surface area contributed by atoms with E-state index >= 15 is 0 Å². The van der Waals surface area contributed by atoms with Gasteiger partial charge in [0, 0.05) is 49.3 Å². The van der Waals surface area contributed by atoms with Gasteiger partial charge in [0.2, 0.25) is 0 Å². The van der Waals surface area contributed by atoms with Crippen LogP contribution in [0, 0.1) is 0 Å². The van der Waals surface area contributed by atoms with Gasteiger partial charge in [-0.2, -0.15) is 0 Å². The molecule has 0 amide bonds. The number of fused-ring (bicyclic) bond motifs is 10. The molecule has 0 spiro atoms. The van der Waals surface area contributed by atoms with Gasteiger partial charge in [0.1, 0.15) is 11.2 Å². The van der Waals surface area contributed by atoms with Crippen molar-refractivity contribution in [2.45, 2.75) is 19.3 Å². The number of hydrogen-bond acceptors (Lipinski definition) is 3. The molecule has 3 heterocycles. The second kappa shape index (κ2) is 9.51. The van der Waals surface area contributed by atoms with Gasteiger partial charge >= 0.3 is 0 Å². The maximum Gasteiger partial charge on any atom is 0.160 e. The molecule has 222 valence electrons. The molecule has 9 aromatic rings. The van der Waals surface area contributed by atoms with E-state index in [1.807, 2.05) is 18.2 Å². The Morgan fingerprint density at radius 3 is 2.21 bits per heavy atom. The number of hydrogen-bond donors (Lipinski definition) is 0. The average Bonchev–Trinajstić information content (AvgIpc) is 3.74. The minimum Gasteiger partial charge on any atom is -0.456 e. The van der Waals surface area contributed by atoms with E-state index in [0.29, 0.717) is 0 Å². The smallest absolute Gasteiger partial charge is 0.160 e. The van der Waals surface area contributed by atoms with E-state index in [0.717, 1.165) is 72.6 Å². The summed E-state index contributed by atoms with van der Waals surface area (Å²) in [5.74, 6) is 0.747. The van der Waals surface area contributed by atoms with E-state index in [4.69, 9.17) is 14.4 Å². The highest BCUT2D eigenvalue weighted by Gasteiger charge is 2.39. The lowest BCUT2D eigenvalue weighted by molar-refractivity contribution is 0.636. The van der Waals surface area contributed by atoms with Crippen LogP contribution in [0.2, 0.25) is 0 Å². The molecule has 0 saturated carbocycles. The Morgan fingerprint density at radius 2 is 1.32 bits per heavy atom. The number of nitrogens with zero attached hydrogens (tertiary/aromatic N) is 3. The van der Waals surface area contributed by atoms with E-state index in [-0.39, 0.29) is 5.41 Å². The SMILES string of the molecule is CC1(C)c2ccccc2-c2c(-c3cccc(-n4c5ccccc5c5c6c(ccc54)oc4ccccc46)c3)nc(-c3ccccc3)nc21. The molecule has 0 bridgehead atoms. The van der Waals surface area contributed by atoms with Crippen LogP contribution in [-0.4, -0.2) is 14.5 Å². The maximum atomic E-state index is 6.31. The molecule has 0 fully saturated rings. The second-order valence-electron chi connectivity index (χ2n) is 13.0. The molecule has 3 aromatic heterocycles. The average molecular weight is 604 g/mol. The van der Waals surface area contributed by atoms with Crippen molar-refractivity contribution >= 4 is 43.7 Å². The fourth-order valence-electron chi connectivity index (χ4n) is 7.81. The highest BCUT2D eigenvalue weighted by atomic mass is 16.3. The first-order valence-electron chi connectivity index (χ1n) is 16.1. The van der Waals surface area contributed by atoms with Crippen molar-refractivity contribution in [3.8, 4) is 39.5 Å². The van der Waals surface area contributed by atoms with Crippen molar-refractivity contribution in [2.75, 3.05) is 0 Å². The number of rotatable bonds is 3. The van der Waals surface area contributed by atoms with Crippen LogP contribution in [0.15, 0.2) is 144 Å². The van der Waals surface area contributed by atoms with E-state index in [1.165, 1.54) is 21.9 Å². The van der Waals surface area contributed by atoms with Crippen molar-refractivity contribution in [3.63, 3.8) is 0 Å². The zero-order valence-corrected chi connectivity index (χ0v) is 26.0. The molecule has 0 unspecified atom stereocenters. The Morgan fingerprint density at radius 1 is 0.574 bits per heavy atom. The summed E-state index contributed by atoms with van der Waals surface area (Å²) >= 11 is 0. The van der Waals surface area contributed by atoms with Crippen LogP contribution in [0.5, 0.6) is 0 Å².